The van der Waals surface area contributed by atoms with Gasteiger partial charge in [-0.1, -0.05) is 49.4 Å². The molecule has 1 aliphatic heterocycles. The zero-order valence-electron chi connectivity index (χ0n) is 19.2. The summed E-state index contributed by atoms with van der Waals surface area (Å²) in [7, 11) is 1.58. The quantitative estimate of drug-likeness (QED) is 0.501. The largest absolute Gasteiger partial charge is 0.497 e. The molecule has 3 aromatic rings. The van der Waals surface area contributed by atoms with Crippen molar-refractivity contribution in [2.24, 2.45) is 0 Å². The summed E-state index contributed by atoms with van der Waals surface area (Å²) in [5.41, 5.74) is 3.13. The van der Waals surface area contributed by atoms with Crippen LogP contribution in [0.2, 0.25) is 0 Å². The molecule has 1 heterocycles. The number of benzene rings is 3. The van der Waals surface area contributed by atoms with Gasteiger partial charge in [0, 0.05) is 12.2 Å². The molecule has 0 radical (unpaired) electrons. The first-order valence-electron chi connectivity index (χ1n) is 11.2. The lowest BCUT2D eigenvalue weighted by molar-refractivity contribution is -0.124. The smallest absolute Gasteiger partial charge is 0.332 e. The zero-order valence-corrected chi connectivity index (χ0v) is 19.2. The monoisotopic (exact) mass is 457 g/mol. The standard InChI is InChI=1S/C27H27N3O4/c1-3-19-9-13-21(14-10-19)28-25(31)17-24-26(32)30(22-7-5-4-6-8-22)27(33)29(24)18-20-11-15-23(34-2)16-12-20/h4-16,24H,3,17-18H2,1-2H3,(H,28,31)/t24-/m1/s1. The number of imide groups is 1. The van der Waals surface area contributed by atoms with Crippen LogP contribution in [0.4, 0.5) is 16.2 Å². The van der Waals surface area contributed by atoms with Crippen LogP contribution in [-0.4, -0.2) is 35.9 Å². The number of anilines is 2. The maximum atomic E-state index is 13.4. The first kappa shape index (κ1) is 23.0. The minimum absolute atomic E-state index is 0.139. The molecule has 3 aromatic carbocycles. The number of amides is 4. The maximum absolute atomic E-state index is 13.4. The Morgan fingerprint density at radius 2 is 1.56 bits per heavy atom. The van der Waals surface area contributed by atoms with Crippen LogP contribution in [0.15, 0.2) is 78.9 Å². The van der Waals surface area contributed by atoms with E-state index in [1.807, 2.05) is 42.5 Å². The summed E-state index contributed by atoms with van der Waals surface area (Å²) < 4.78 is 5.20. The number of urea groups is 1. The summed E-state index contributed by atoms with van der Waals surface area (Å²) in [6.07, 6.45) is 0.766. The van der Waals surface area contributed by atoms with Crippen molar-refractivity contribution in [2.75, 3.05) is 17.3 Å². The van der Waals surface area contributed by atoms with Gasteiger partial charge < -0.3 is 15.0 Å². The molecule has 1 saturated heterocycles. The van der Waals surface area contributed by atoms with Crippen molar-refractivity contribution in [3.05, 3.63) is 90.0 Å². The number of carbonyl (C=O) groups is 3. The first-order chi connectivity index (χ1) is 16.5. The fourth-order valence-corrected chi connectivity index (χ4v) is 3.97. The molecule has 0 bridgehead atoms. The minimum atomic E-state index is -0.912. The zero-order chi connectivity index (χ0) is 24.1. The Kier molecular flexibility index (Phi) is 6.92. The van der Waals surface area contributed by atoms with E-state index < -0.39 is 18.0 Å². The molecule has 7 nitrogen and oxygen atoms in total. The van der Waals surface area contributed by atoms with Crippen LogP contribution in [0.5, 0.6) is 5.75 Å². The van der Waals surface area contributed by atoms with Crippen molar-refractivity contribution in [3.63, 3.8) is 0 Å². The second-order valence-electron chi connectivity index (χ2n) is 8.09. The Balaban J connectivity index is 1.56. The van der Waals surface area contributed by atoms with Crippen LogP contribution in [-0.2, 0) is 22.6 Å². The summed E-state index contributed by atoms with van der Waals surface area (Å²) in [6, 6.07) is 22.3. The fraction of sp³-hybridized carbons (Fsp3) is 0.222. The molecule has 1 atom stereocenters. The number of nitrogens with zero attached hydrogens (tertiary/aromatic N) is 2. The average molecular weight is 458 g/mol. The molecular formula is C27H27N3O4. The number of methoxy groups -OCH3 is 1. The highest BCUT2D eigenvalue weighted by Crippen LogP contribution is 2.29. The first-order valence-corrected chi connectivity index (χ1v) is 11.2. The van der Waals surface area contributed by atoms with E-state index in [1.165, 1.54) is 10.5 Å². The lowest BCUT2D eigenvalue weighted by Gasteiger charge is -2.22. The number of hydrogen-bond acceptors (Lipinski definition) is 4. The molecule has 174 valence electrons. The van der Waals surface area contributed by atoms with Gasteiger partial charge in [-0.15, -0.1) is 0 Å². The molecule has 4 amide bonds. The van der Waals surface area contributed by atoms with Gasteiger partial charge in [0.25, 0.3) is 5.91 Å². The van der Waals surface area contributed by atoms with Crippen molar-refractivity contribution in [1.29, 1.82) is 0 Å². The Bertz CT molecular complexity index is 1160. The predicted molar refractivity (Wildman–Crippen MR) is 131 cm³/mol. The average Bonchev–Trinajstić information content (AvgIpc) is 3.09. The highest BCUT2D eigenvalue weighted by atomic mass is 16.5. The number of rotatable bonds is 8. The second kappa shape index (κ2) is 10.2. The highest BCUT2D eigenvalue weighted by Gasteiger charge is 2.46. The van der Waals surface area contributed by atoms with Gasteiger partial charge in [0.05, 0.1) is 19.2 Å². The lowest BCUT2D eigenvalue weighted by atomic mass is 10.1. The van der Waals surface area contributed by atoms with E-state index >= 15 is 0 Å². The van der Waals surface area contributed by atoms with Gasteiger partial charge in [-0.2, -0.15) is 0 Å². The van der Waals surface area contributed by atoms with Gasteiger partial charge in [0.1, 0.15) is 11.8 Å². The predicted octanol–water partition coefficient (Wildman–Crippen LogP) is 4.62. The van der Waals surface area contributed by atoms with Crippen LogP contribution in [0, 0.1) is 0 Å². The van der Waals surface area contributed by atoms with Gasteiger partial charge in [0.15, 0.2) is 0 Å². The van der Waals surface area contributed by atoms with Gasteiger partial charge in [0.2, 0.25) is 5.91 Å². The SMILES string of the molecule is CCc1ccc(NC(=O)C[C@@H]2C(=O)N(c3ccccc3)C(=O)N2Cc2ccc(OC)cc2)cc1. The molecule has 1 fully saturated rings. The van der Waals surface area contributed by atoms with Crippen LogP contribution >= 0.6 is 0 Å². The van der Waals surface area contributed by atoms with Crippen molar-refractivity contribution in [3.8, 4) is 5.75 Å². The number of carbonyl (C=O) groups excluding carboxylic acids is 3. The van der Waals surface area contributed by atoms with Gasteiger partial charge >= 0.3 is 6.03 Å². The molecule has 1 N–H and O–H groups in total. The van der Waals surface area contributed by atoms with E-state index in [-0.39, 0.29) is 18.9 Å². The molecule has 34 heavy (non-hydrogen) atoms. The molecule has 4 rings (SSSR count). The molecule has 7 heteroatoms. The van der Waals surface area contributed by atoms with E-state index in [0.29, 0.717) is 17.1 Å². The van der Waals surface area contributed by atoms with Crippen LogP contribution in [0.3, 0.4) is 0 Å². The van der Waals surface area contributed by atoms with E-state index in [1.54, 1.807) is 43.5 Å². The maximum Gasteiger partial charge on any atom is 0.332 e. The van der Waals surface area contributed by atoms with Crippen molar-refractivity contribution >= 4 is 29.2 Å². The number of ether oxygens (including phenoxy) is 1. The summed E-state index contributed by atoms with van der Waals surface area (Å²) in [5, 5.41) is 2.85. The van der Waals surface area contributed by atoms with Crippen molar-refractivity contribution < 1.29 is 19.1 Å². The van der Waals surface area contributed by atoms with E-state index in [9.17, 15) is 14.4 Å². The highest BCUT2D eigenvalue weighted by molar-refractivity contribution is 6.22. The topological polar surface area (TPSA) is 79.0 Å². The molecule has 1 aliphatic rings. The Morgan fingerprint density at radius 1 is 0.912 bits per heavy atom. The summed E-state index contributed by atoms with van der Waals surface area (Å²) in [5.74, 6) is -0.0465. The molecule has 0 unspecified atom stereocenters. The van der Waals surface area contributed by atoms with Crippen LogP contribution in [0.1, 0.15) is 24.5 Å². The van der Waals surface area contributed by atoms with Crippen LogP contribution < -0.4 is 15.0 Å². The second-order valence-corrected chi connectivity index (χ2v) is 8.09. The number of hydrogen-bond donors (Lipinski definition) is 1. The van der Waals surface area contributed by atoms with Crippen molar-refractivity contribution in [2.45, 2.75) is 32.4 Å². The third kappa shape index (κ3) is 4.93. The van der Waals surface area contributed by atoms with Crippen LogP contribution in [0.25, 0.3) is 0 Å². The minimum Gasteiger partial charge on any atom is -0.497 e. The molecule has 0 spiro atoms. The fourth-order valence-electron chi connectivity index (χ4n) is 3.97. The molecular weight excluding hydrogens is 430 g/mol. The summed E-state index contributed by atoms with van der Waals surface area (Å²) in [4.78, 5) is 42.2. The molecule has 0 saturated carbocycles. The van der Waals surface area contributed by atoms with E-state index in [0.717, 1.165) is 16.9 Å². The van der Waals surface area contributed by atoms with E-state index in [2.05, 4.69) is 12.2 Å². The normalized spacial score (nSPS) is 15.5. The third-order valence-corrected chi connectivity index (χ3v) is 5.87. The Hall–Kier alpha value is -4.13. The molecule has 0 aromatic heterocycles. The van der Waals surface area contributed by atoms with Gasteiger partial charge in [-0.25, -0.2) is 9.69 Å². The van der Waals surface area contributed by atoms with Crippen molar-refractivity contribution in [1.82, 2.24) is 4.90 Å². The molecule has 0 aliphatic carbocycles. The summed E-state index contributed by atoms with van der Waals surface area (Å²) in [6.45, 7) is 2.26. The summed E-state index contributed by atoms with van der Waals surface area (Å²) >= 11 is 0. The Morgan fingerprint density at radius 3 is 2.18 bits per heavy atom. The van der Waals surface area contributed by atoms with Gasteiger partial charge in [-0.05, 0) is 53.9 Å². The number of nitrogens with one attached hydrogen (secondary N) is 1. The Labute approximate surface area is 198 Å². The van der Waals surface area contributed by atoms with E-state index in [4.69, 9.17) is 4.74 Å². The lowest BCUT2D eigenvalue weighted by Crippen LogP contribution is -2.37. The van der Waals surface area contributed by atoms with Gasteiger partial charge in [-0.3, -0.25) is 9.59 Å². The third-order valence-electron chi connectivity index (χ3n) is 5.87. The number of aryl methyl sites for hydroxylation is 1. The number of para-hydroxylation sites is 1.